The molecule has 0 spiro atoms. The maximum absolute atomic E-state index is 5.32. The summed E-state index contributed by atoms with van der Waals surface area (Å²) in [6, 6.07) is 0. The van der Waals surface area contributed by atoms with Gasteiger partial charge in [0.05, 0.1) is 6.61 Å². The lowest BCUT2D eigenvalue weighted by molar-refractivity contribution is 0.120. The molecule has 1 atom stereocenters. The SMILES string of the molecule is CCOCC1C=CCCC1. The average Bonchev–Trinajstić information content (AvgIpc) is 2.03. The molecule has 0 aromatic heterocycles. The molecule has 0 heterocycles. The van der Waals surface area contributed by atoms with Gasteiger partial charge in [-0.05, 0) is 26.2 Å². The summed E-state index contributed by atoms with van der Waals surface area (Å²) in [5.41, 5.74) is 0. The van der Waals surface area contributed by atoms with Gasteiger partial charge < -0.3 is 4.74 Å². The van der Waals surface area contributed by atoms with E-state index < -0.39 is 0 Å². The van der Waals surface area contributed by atoms with Crippen LogP contribution in [0.3, 0.4) is 0 Å². The van der Waals surface area contributed by atoms with E-state index in [1.54, 1.807) is 0 Å². The summed E-state index contributed by atoms with van der Waals surface area (Å²) in [5, 5.41) is 0. The Labute approximate surface area is 63.1 Å². The third-order valence-corrected chi connectivity index (χ3v) is 1.89. The zero-order chi connectivity index (χ0) is 7.23. The Bertz CT molecular complexity index is 107. The fourth-order valence-corrected chi connectivity index (χ4v) is 1.29. The van der Waals surface area contributed by atoms with Crippen molar-refractivity contribution in [1.82, 2.24) is 0 Å². The van der Waals surface area contributed by atoms with Gasteiger partial charge in [0.2, 0.25) is 0 Å². The third kappa shape index (κ3) is 2.53. The van der Waals surface area contributed by atoms with Crippen LogP contribution < -0.4 is 0 Å². The van der Waals surface area contributed by atoms with E-state index in [0.29, 0.717) is 5.92 Å². The van der Waals surface area contributed by atoms with Crippen LogP contribution in [0.4, 0.5) is 0 Å². The van der Waals surface area contributed by atoms with Crippen LogP contribution in [0, 0.1) is 5.92 Å². The molecule has 0 aromatic rings. The van der Waals surface area contributed by atoms with Gasteiger partial charge in [0.1, 0.15) is 0 Å². The van der Waals surface area contributed by atoms with Crippen molar-refractivity contribution in [2.45, 2.75) is 26.2 Å². The largest absolute Gasteiger partial charge is 0.381 e. The van der Waals surface area contributed by atoms with Crippen molar-refractivity contribution >= 4 is 0 Å². The molecule has 0 radical (unpaired) electrons. The second-order valence-electron chi connectivity index (χ2n) is 2.78. The van der Waals surface area contributed by atoms with Crippen molar-refractivity contribution in [2.75, 3.05) is 13.2 Å². The highest BCUT2D eigenvalue weighted by Gasteiger charge is 2.06. The van der Waals surface area contributed by atoms with Gasteiger partial charge in [0, 0.05) is 12.5 Å². The molecule has 1 aliphatic carbocycles. The van der Waals surface area contributed by atoms with Gasteiger partial charge in [-0.25, -0.2) is 0 Å². The quantitative estimate of drug-likeness (QED) is 0.547. The van der Waals surface area contributed by atoms with Crippen LogP contribution in [-0.2, 0) is 4.74 Å². The van der Waals surface area contributed by atoms with Gasteiger partial charge in [-0.2, -0.15) is 0 Å². The predicted octanol–water partition coefficient (Wildman–Crippen LogP) is 2.38. The number of hydrogen-bond acceptors (Lipinski definition) is 1. The molecule has 10 heavy (non-hydrogen) atoms. The summed E-state index contributed by atoms with van der Waals surface area (Å²) in [7, 11) is 0. The van der Waals surface area contributed by atoms with E-state index in [0.717, 1.165) is 13.2 Å². The summed E-state index contributed by atoms with van der Waals surface area (Å²) >= 11 is 0. The lowest BCUT2D eigenvalue weighted by Crippen LogP contribution is -2.09. The summed E-state index contributed by atoms with van der Waals surface area (Å²) < 4.78 is 5.32. The van der Waals surface area contributed by atoms with E-state index in [1.165, 1.54) is 19.3 Å². The Morgan fingerprint density at radius 1 is 1.60 bits per heavy atom. The third-order valence-electron chi connectivity index (χ3n) is 1.89. The minimum absolute atomic E-state index is 0.702. The highest BCUT2D eigenvalue weighted by Crippen LogP contribution is 2.16. The molecule has 0 N–H and O–H groups in total. The lowest BCUT2D eigenvalue weighted by atomic mass is 9.97. The maximum Gasteiger partial charge on any atom is 0.0528 e. The van der Waals surface area contributed by atoms with Crippen LogP contribution >= 0.6 is 0 Å². The first-order valence-electron chi connectivity index (χ1n) is 4.18. The van der Waals surface area contributed by atoms with E-state index in [-0.39, 0.29) is 0 Å². The first kappa shape index (κ1) is 7.80. The number of rotatable bonds is 3. The van der Waals surface area contributed by atoms with Gasteiger partial charge in [-0.15, -0.1) is 0 Å². The summed E-state index contributed by atoms with van der Waals surface area (Å²) in [4.78, 5) is 0. The Morgan fingerprint density at radius 2 is 2.50 bits per heavy atom. The Balaban J connectivity index is 2.13. The van der Waals surface area contributed by atoms with E-state index in [1.807, 2.05) is 6.92 Å². The van der Waals surface area contributed by atoms with Crippen LogP contribution in [0.2, 0.25) is 0 Å². The molecule has 0 amide bonds. The van der Waals surface area contributed by atoms with E-state index in [9.17, 15) is 0 Å². The van der Waals surface area contributed by atoms with Crippen molar-refractivity contribution in [3.05, 3.63) is 12.2 Å². The molecule has 0 aliphatic heterocycles. The first-order chi connectivity index (χ1) is 4.93. The minimum Gasteiger partial charge on any atom is -0.381 e. The number of ether oxygens (including phenoxy) is 1. The molecule has 0 aromatic carbocycles. The van der Waals surface area contributed by atoms with Crippen LogP contribution in [-0.4, -0.2) is 13.2 Å². The monoisotopic (exact) mass is 140 g/mol. The molecule has 1 unspecified atom stereocenters. The van der Waals surface area contributed by atoms with Gasteiger partial charge in [-0.1, -0.05) is 12.2 Å². The van der Waals surface area contributed by atoms with Gasteiger partial charge in [-0.3, -0.25) is 0 Å². The number of hydrogen-bond donors (Lipinski definition) is 0. The highest BCUT2D eigenvalue weighted by atomic mass is 16.5. The van der Waals surface area contributed by atoms with E-state index in [4.69, 9.17) is 4.74 Å². The van der Waals surface area contributed by atoms with E-state index in [2.05, 4.69) is 12.2 Å². The minimum atomic E-state index is 0.702. The predicted molar refractivity (Wildman–Crippen MR) is 43.0 cm³/mol. The molecule has 58 valence electrons. The molecule has 1 rings (SSSR count). The molecular formula is C9H16O. The van der Waals surface area contributed by atoms with Crippen molar-refractivity contribution in [1.29, 1.82) is 0 Å². The number of allylic oxidation sites excluding steroid dienone is 1. The smallest absolute Gasteiger partial charge is 0.0528 e. The van der Waals surface area contributed by atoms with Crippen LogP contribution in [0.25, 0.3) is 0 Å². The van der Waals surface area contributed by atoms with Crippen LogP contribution in [0.1, 0.15) is 26.2 Å². The fourth-order valence-electron chi connectivity index (χ4n) is 1.29. The zero-order valence-corrected chi connectivity index (χ0v) is 6.68. The molecule has 0 bridgehead atoms. The Morgan fingerprint density at radius 3 is 3.10 bits per heavy atom. The maximum atomic E-state index is 5.32. The highest BCUT2D eigenvalue weighted by molar-refractivity contribution is 4.92. The molecule has 0 fully saturated rings. The van der Waals surface area contributed by atoms with E-state index >= 15 is 0 Å². The second-order valence-corrected chi connectivity index (χ2v) is 2.78. The average molecular weight is 140 g/mol. The van der Waals surface area contributed by atoms with Gasteiger partial charge in [0.25, 0.3) is 0 Å². The molecule has 1 aliphatic rings. The van der Waals surface area contributed by atoms with Crippen LogP contribution in [0.5, 0.6) is 0 Å². The molecule has 1 nitrogen and oxygen atoms in total. The van der Waals surface area contributed by atoms with Crippen molar-refractivity contribution < 1.29 is 4.74 Å². The first-order valence-corrected chi connectivity index (χ1v) is 4.18. The Kier molecular flexibility index (Phi) is 3.52. The molecular weight excluding hydrogens is 124 g/mol. The summed E-state index contributed by atoms with van der Waals surface area (Å²) in [6.07, 6.45) is 8.49. The zero-order valence-electron chi connectivity index (χ0n) is 6.68. The standard InChI is InChI=1S/C9H16O/c1-2-10-8-9-6-4-3-5-7-9/h4,6,9H,2-3,5,7-8H2,1H3. The van der Waals surface area contributed by atoms with Crippen LogP contribution in [0.15, 0.2) is 12.2 Å². The normalized spacial score (nSPS) is 25.1. The summed E-state index contributed by atoms with van der Waals surface area (Å²) in [6.45, 7) is 3.82. The van der Waals surface area contributed by atoms with Crippen molar-refractivity contribution in [3.63, 3.8) is 0 Å². The second kappa shape index (κ2) is 4.51. The molecule has 1 heteroatoms. The van der Waals surface area contributed by atoms with Crippen molar-refractivity contribution in [3.8, 4) is 0 Å². The lowest BCUT2D eigenvalue weighted by Gasteiger charge is -2.15. The summed E-state index contributed by atoms with van der Waals surface area (Å²) in [5.74, 6) is 0.702. The van der Waals surface area contributed by atoms with Gasteiger partial charge >= 0.3 is 0 Å². The molecule has 0 saturated carbocycles. The Hall–Kier alpha value is -0.300. The topological polar surface area (TPSA) is 9.23 Å². The fraction of sp³-hybridized carbons (Fsp3) is 0.778. The molecule has 0 saturated heterocycles. The van der Waals surface area contributed by atoms with Crippen molar-refractivity contribution in [2.24, 2.45) is 5.92 Å². The van der Waals surface area contributed by atoms with Gasteiger partial charge in [0.15, 0.2) is 0 Å².